The number of carbonyl (C=O) groups is 3. The summed E-state index contributed by atoms with van der Waals surface area (Å²) in [4.78, 5) is 34.8. The van der Waals surface area contributed by atoms with Gasteiger partial charge in [-0.2, -0.15) is 0 Å². The van der Waals surface area contributed by atoms with Crippen molar-refractivity contribution >= 4 is 17.8 Å². The predicted octanol–water partition coefficient (Wildman–Crippen LogP) is -0.571. The molecule has 3 N–H and O–H groups in total. The van der Waals surface area contributed by atoms with E-state index in [1.54, 1.807) is 13.8 Å². The van der Waals surface area contributed by atoms with E-state index in [4.69, 9.17) is 10.8 Å². The number of carboxylic acids is 1. The lowest BCUT2D eigenvalue weighted by Gasteiger charge is -2.27. The minimum atomic E-state index is -1.05. The highest BCUT2D eigenvalue weighted by Gasteiger charge is 2.40. The van der Waals surface area contributed by atoms with Crippen LogP contribution in [0.4, 0.5) is 0 Å². The Morgan fingerprint density at radius 1 is 1.50 bits per heavy atom. The number of primary amides is 1. The molecule has 1 unspecified atom stereocenters. The third-order valence-corrected chi connectivity index (χ3v) is 2.78. The van der Waals surface area contributed by atoms with Gasteiger partial charge in [0.25, 0.3) is 0 Å². The van der Waals surface area contributed by atoms with Crippen molar-refractivity contribution in [3.8, 4) is 0 Å². The Morgan fingerprint density at radius 2 is 2.06 bits per heavy atom. The maximum atomic E-state index is 11.6. The Balaban J connectivity index is 2.84. The Bertz CT molecular complexity index is 327. The third-order valence-electron chi connectivity index (χ3n) is 2.78. The van der Waals surface area contributed by atoms with E-state index < -0.39 is 23.8 Å². The number of carbonyl (C=O) groups excluding carboxylic acids is 2. The summed E-state index contributed by atoms with van der Waals surface area (Å²) in [6.07, 6.45) is 0.0197. The van der Waals surface area contributed by atoms with Crippen LogP contribution in [0, 0.1) is 11.8 Å². The summed E-state index contributed by atoms with van der Waals surface area (Å²) in [5.74, 6) is -2.68. The number of rotatable bonds is 4. The highest BCUT2D eigenvalue weighted by atomic mass is 16.4. The lowest BCUT2D eigenvalue weighted by molar-refractivity contribution is -0.150. The number of amides is 2. The Hall–Kier alpha value is -1.59. The van der Waals surface area contributed by atoms with E-state index in [0.717, 1.165) is 0 Å². The van der Waals surface area contributed by atoms with Crippen LogP contribution in [0.3, 0.4) is 0 Å². The van der Waals surface area contributed by atoms with Gasteiger partial charge in [0.15, 0.2) is 0 Å². The number of nitrogens with zero attached hydrogens (tertiary/aromatic N) is 1. The number of carboxylic acid groups (broad SMARTS) is 1. The van der Waals surface area contributed by atoms with Gasteiger partial charge in [-0.15, -0.1) is 0 Å². The van der Waals surface area contributed by atoms with Gasteiger partial charge in [-0.05, 0) is 5.92 Å². The largest absolute Gasteiger partial charge is 0.480 e. The summed E-state index contributed by atoms with van der Waals surface area (Å²) < 4.78 is 0. The van der Waals surface area contributed by atoms with Crippen LogP contribution in [0.2, 0.25) is 0 Å². The molecule has 1 aliphatic rings. The van der Waals surface area contributed by atoms with Gasteiger partial charge in [-0.1, -0.05) is 13.8 Å². The van der Waals surface area contributed by atoms with Crippen LogP contribution in [0.1, 0.15) is 20.3 Å². The third kappa shape index (κ3) is 2.32. The average Bonchev–Trinajstić information content (AvgIpc) is 2.47. The van der Waals surface area contributed by atoms with E-state index in [1.807, 2.05) is 0 Å². The lowest BCUT2D eigenvalue weighted by atomic mass is 10.0. The summed E-state index contributed by atoms with van der Waals surface area (Å²) >= 11 is 0. The zero-order chi connectivity index (χ0) is 12.5. The van der Waals surface area contributed by atoms with Crippen LogP contribution in [0.5, 0.6) is 0 Å². The SMILES string of the molecule is CC(C)[C@@H](C(=O)O)N1CC(C(N)=O)CC1=O. The maximum absolute atomic E-state index is 11.6. The first-order valence-corrected chi connectivity index (χ1v) is 5.16. The van der Waals surface area contributed by atoms with Crippen molar-refractivity contribution < 1.29 is 19.5 Å². The van der Waals surface area contributed by atoms with Gasteiger partial charge in [0.2, 0.25) is 11.8 Å². The van der Waals surface area contributed by atoms with Crippen LogP contribution in [0.25, 0.3) is 0 Å². The van der Waals surface area contributed by atoms with Crippen LogP contribution in [-0.2, 0) is 14.4 Å². The first kappa shape index (κ1) is 12.5. The second kappa shape index (κ2) is 4.51. The minimum absolute atomic E-state index is 0.0197. The summed E-state index contributed by atoms with van der Waals surface area (Å²) in [6, 6.07) is -0.878. The van der Waals surface area contributed by atoms with Crippen LogP contribution < -0.4 is 5.73 Å². The van der Waals surface area contributed by atoms with E-state index in [0.29, 0.717) is 0 Å². The fourth-order valence-electron chi connectivity index (χ4n) is 1.97. The van der Waals surface area contributed by atoms with Crippen molar-refractivity contribution in [1.82, 2.24) is 4.90 Å². The van der Waals surface area contributed by atoms with E-state index >= 15 is 0 Å². The molecule has 0 aromatic heterocycles. The van der Waals surface area contributed by atoms with Gasteiger partial charge in [-0.3, -0.25) is 9.59 Å². The molecule has 0 aromatic carbocycles. The number of aliphatic carboxylic acids is 1. The molecule has 0 aliphatic carbocycles. The maximum Gasteiger partial charge on any atom is 0.326 e. The molecular weight excluding hydrogens is 212 g/mol. The Morgan fingerprint density at radius 3 is 2.38 bits per heavy atom. The van der Waals surface area contributed by atoms with Gasteiger partial charge in [0.1, 0.15) is 6.04 Å². The molecule has 90 valence electrons. The summed E-state index contributed by atoms with van der Waals surface area (Å²) in [5, 5.41) is 9.04. The topological polar surface area (TPSA) is 101 Å². The second-order valence-electron chi connectivity index (χ2n) is 4.38. The van der Waals surface area contributed by atoms with Crippen molar-refractivity contribution in [2.45, 2.75) is 26.3 Å². The van der Waals surface area contributed by atoms with Crippen molar-refractivity contribution in [2.75, 3.05) is 6.54 Å². The Kier molecular flexibility index (Phi) is 3.51. The molecule has 1 saturated heterocycles. The lowest BCUT2D eigenvalue weighted by Crippen LogP contribution is -2.46. The van der Waals surface area contributed by atoms with E-state index in [-0.39, 0.29) is 24.8 Å². The van der Waals surface area contributed by atoms with E-state index in [9.17, 15) is 14.4 Å². The molecule has 0 spiro atoms. The minimum Gasteiger partial charge on any atom is -0.480 e. The molecule has 2 amide bonds. The highest BCUT2D eigenvalue weighted by molar-refractivity contribution is 5.91. The quantitative estimate of drug-likeness (QED) is 0.672. The monoisotopic (exact) mass is 228 g/mol. The molecule has 1 aliphatic heterocycles. The summed E-state index contributed by atoms with van der Waals surface area (Å²) in [6.45, 7) is 3.57. The molecule has 2 atom stereocenters. The van der Waals surface area contributed by atoms with Crippen LogP contribution in [-0.4, -0.2) is 40.4 Å². The zero-order valence-electron chi connectivity index (χ0n) is 9.34. The molecule has 0 radical (unpaired) electrons. The second-order valence-corrected chi connectivity index (χ2v) is 4.38. The fraction of sp³-hybridized carbons (Fsp3) is 0.700. The fourth-order valence-corrected chi connectivity index (χ4v) is 1.97. The molecule has 0 aromatic rings. The highest BCUT2D eigenvalue weighted by Crippen LogP contribution is 2.23. The first-order chi connectivity index (χ1) is 7.34. The van der Waals surface area contributed by atoms with Gasteiger partial charge in [0.05, 0.1) is 5.92 Å². The molecule has 1 rings (SSSR count). The molecule has 16 heavy (non-hydrogen) atoms. The molecular formula is C10H16N2O4. The molecule has 1 heterocycles. The van der Waals surface area contributed by atoms with Crippen LogP contribution >= 0.6 is 0 Å². The normalized spacial score (nSPS) is 22.6. The average molecular weight is 228 g/mol. The predicted molar refractivity (Wildman–Crippen MR) is 55.3 cm³/mol. The smallest absolute Gasteiger partial charge is 0.326 e. The van der Waals surface area contributed by atoms with E-state index in [1.165, 1.54) is 4.90 Å². The summed E-state index contributed by atoms with van der Waals surface area (Å²) in [7, 11) is 0. The Labute approximate surface area is 93.4 Å². The number of hydrogen-bond acceptors (Lipinski definition) is 3. The standard InChI is InChI=1S/C10H16N2O4/c1-5(2)8(10(15)16)12-4-6(9(11)14)3-7(12)13/h5-6,8H,3-4H2,1-2H3,(H2,11,14)(H,15,16)/t6?,8-/m0/s1. The van der Waals surface area contributed by atoms with Crippen molar-refractivity contribution in [3.63, 3.8) is 0 Å². The van der Waals surface area contributed by atoms with Crippen molar-refractivity contribution in [1.29, 1.82) is 0 Å². The molecule has 0 bridgehead atoms. The van der Waals surface area contributed by atoms with Gasteiger partial charge in [0, 0.05) is 13.0 Å². The molecule has 6 nitrogen and oxygen atoms in total. The summed E-state index contributed by atoms with van der Waals surface area (Å²) in [5.41, 5.74) is 5.11. The zero-order valence-corrected chi connectivity index (χ0v) is 9.34. The molecule has 1 fully saturated rings. The first-order valence-electron chi connectivity index (χ1n) is 5.16. The van der Waals surface area contributed by atoms with Gasteiger partial charge >= 0.3 is 5.97 Å². The number of nitrogens with two attached hydrogens (primary N) is 1. The van der Waals surface area contributed by atoms with Crippen molar-refractivity contribution in [2.24, 2.45) is 17.6 Å². The van der Waals surface area contributed by atoms with Crippen molar-refractivity contribution in [3.05, 3.63) is 0 Å². The number of likely N-dealkylation sites (tertiary alicyclic amines) is 1. The molecule has 6 heteroatoms. The number of hydrogen-bond donors (Lipinski definition) is 2. The van der Waals surface area contributed by atoms with E-state index in [2.05, 4.69) is 0 Å². The van der Waals surface area contributed by atoms with Gasteiger partial charge < -0.3 is 15.7 Å². The van der Waals surface area contributed by atoms with Gasteiger partial charge in [-0.25, -0.2) is 4.79 Å². The van der Waals surface area contributed by atoms with Crippen LogP contribution in [0.15, 0.2) is 0 Å². The molecule has 0 saturated carbocycles.